The van der Waals surface area contributed by atoms with Gasteiger partial charge in [0.2, 0.25) is 0 Å². The Balaban J connectivity index is 0.000000510. The number of hydrazone groups is 1. The van der Waals surface area contributed by atoms with Gasteiger partial charge in [-0.2, -0.15) is 5.10 Å². The minimum absolute atomic E-state index is 0.360. The van der Waals surface area contributed by atoms with E-state index in [1.807, 2.05) is 39.8 Å². The molecule has 21 heavy (non-hydrogen) atoms. The Labute approximate surface area is 128 Å². The van der Waals surface area contributed by atoms with E-state index in [2.05, 4.69) is 59.1 Å². The van der Waals surface area contributed by atoms with Gasteiger partial charge in [-0.1, -0.05) is 88.4 Å². The fourth-order valence-corrected chi connectivity index (χ4v) is 2.23. The van der Waals surface area contributed by atoms with E-state index in [4.69, 9.17) is 0 Å². The van der Waals surface area contributed by atoms with Crippen molar-refractivity contribution in [2.45, 2.75) is 33.6 Å². The lowest BCUT2D eigenvalue weighted by atomic mass is 9.91. The van der Waals surface area contributed by atoms with Gasteiger partial charge in [0.05, 0.1) is 5.71 Å². The van der Waals surface area contributed by atoms with Crippen LogP contribution in [0.1, 0.15) is 44.7 Å². The lowest BCUT2D eigenvalue weighted by Crippen LogP contribution is -2.14. The predicted octanol–water partition coefficient (Wildman–Crippen LogP) is 4.83. The van der Waals surface area contributed by atoms with Crippen LogP contribution in [-0.4, -0.2) is 12.3 Å². The van der Waals surface area contributed by atoms with Crippen LogP contribution in [0.2, 0.25) is 0 Å². The molecule has 1 aliphatic heterocycles. The van der Waals surface area contributed by atoms with Gasteiger partial charge in [0.25, 0.3) is 0 Å². The highest BCUT2D eigenvalue weighted by Crippen LogP contribution is 2.24. The summed E-state index contributed by atoms with van der Waals surface area (Å²) < 4.78 is 0. The number of nitrogens with one attached hydrogen (secondary N) is 1. The average Bonchev–Trinajstić information content (AvgIpc) is 3.10. The Hall–Kier alpha value is -2.09. The van der Waals surface area contributed by atoms with Crippen molar-refractivity contribution >= 4 is 5.71 Å². The summed E-state index contributed by atoms with van der Waals surface area (Å²) in [5.74, 6) is 0.360. The van der Waals surface area contributed by atoms with E-state index < -0.39 is 0 Å². The van der Waals surface area contributed by atoms with Crippen molar-refractivity contribution in [2.24, 2.45) is 5.10 Å². The molecule has 2 aromatic rings. The van der Waals surface area contributed by atoms with Gasteiger partial charge in [-0.15, -0.1) is 0 Å². The molecule has 1 aliphatic rings. The molecule has 0 amide bonds. The van der Waals surface area contributed by atoms with Gasteiger partial charge in [0.15, 0.2) is 0 Å². The molecule has 0 fully saturated rings. The third-order valence-corrected chi connectivity index (χ3v) is 3.10. The van der Waals surface area contributed by atoms with E-state index in [1.165, 1.54) is 11.1 Å². The topological polar surface area (TPSA) is 24.4 Å². The SMILES string of the molecule is CC.CC.c1ccc(C2=NNCC2c2ccccc2)cc1. The van der Waals surface area contributed by atoms with E-state index >= 15 is 0 Å². The van der Waals surface area contributed by atoms with Crippen LogP contribution in [-0.2, 0) is 0 Å². The summed E-state index contributed by atoms with van der Waals surface area (Å²) >= 11 is 0. The lowest BCUT2D eigenvalue weighted by Gasteiger charge is -2.12. The van der Waals surface area contributed by atoms with E-state index in [0.717, 1.165) is 12.3 Å². The molecular formula is C19H26N2. The number of rotatable bonds is 2. The molecule has 112 valence electrons. The molecule has 1 unspecified atom stereocenters. The number of benzene rings is 2. The molecular weight excluding hydrogens is 256 g/mol. The Morgan fingerprint density at radius 1 is 0.810 bits per heavy atom. The fourth-order valence-electron chi connectivity index (χ4n) is 2.23. The van der Waals surface area contributed by atoms with Crippen LogP contribution < -0.4 is 5.43 Å². The minimum atomic E-state index is 0.360. The van der Waals surface area contributed by atoms with Gasteiger partial charge in [0, 0.05) is 12.5 Å². The third kappa shape index (κ3) is 4.45. The maximum Gasteiger partial charge on any atom is 0.0768 e. The average molecular weight is 282 g/mol. The van der Waals surface area contributed by atoms with Crippen molar-refractivity contribution in [3.8, 4) is 0 Å². The van der Waals surface area contributed by atoms with Crippen molar-refractivity contribution in [2.75, 3.05) is 6.54 Å². The molecule has 0 saturated heterocycles. The summed E-state index contributed by atoms with van der Waals surface area (Å²) in [6.45, 7) is 8.88. The molecule has 0 spiro atoms. The Morgan fingerprint density at radius 3 is 1.90 bits per heavy atom. The first-order valence-electron chi connectivity index (χ1n) is 7.86. The van der Waals surface area contributed by atoms with E-state index in [0.29, 0.717) is 5.92 Å². The van der Waals surface area contributed by atoms with Crippen molar-refractivity contribution < 1.29 is 0 Å². The first kappa shape index (κ1) is 17.0. The molecule has 3 rings (SSSR count). The maximum absolute atomic E-state index is 4.43. The van der Waals surface area contributed by atoms with Crippen molar-refractivity contribution in [1.82, 2.24) is 5.43 Å². The molecule has 0 aliphatic carbocycles. The molecule has 1 N–H and O–H groups in total. The molecule has 2 nitrogen and oxygen atoms in total. The molecule has 0 radical (unpaired) electrons. The zero-order chi connectivity index (χ0) is 15.5. The van der Waals surface area contributed by atoms with Gasteiger partial charge in [-0.25, -0.2) is 0 Å². The largest absolute Gasteiger partial charge is 0.309 e. The standard InChI is InChI=1S/C15H14N2.2C2H6/c1-3-7-12(8-4-1)14-11-16-17-15(14)13-9-5-2-6-10-13;2*1-2/h1-10,14,16H,11H2;2*1-2H3. The Kier molecular flexibility index (Phi) is 7.88. The quantitative estimate of drug-likeness (QED) is 0.838. The summed E-state index contributed by atoms with van der Waals surface area (Å²) in [4.78, 5) is 0. The highest BCUT2D eigenvalue weighted by molar-refractivity contribution is 6.06. The number of hydrogen-bond donors (Lipinski definition) is 1. The molecule has 2 aromatic carbocycles. The monoisotopic (exact) mass is 282 g/mol. The second kappa shape index (κ2) is 9.76. The van der Waals surface area contributed by atoms with Crippen LogP contribution >= 0.6 is 0 Å². The third-order valence-electron chi connectivity index (χ3n) is 3.10. The van der Waals surface area contributed by atoms with Crippen molar-refractivity contribution in [3.63, 3.8) is 0 Å². The highest BCUT2D eigenvalue weighted by Gasteiger charge is 2.23. The van der Waals surface area contributed by atoms with Crippen LogP contribution in [0.4, 0.5) is 0 Å². The summed E-state index contributed by atoms with van der Waals surface area (Å²) in [6.07, 6.45) is 0. The van der Waals surface area contributed by atoms with Crippen LogP contribution in [0.3, 0.4) is 0 Å². The van der Waals surface area contributed by atoms with Crippen LogP contribution in [0.5, 0.6) is 0 Å². The molecule has 2 heteroatoms. The molecule has 1 atom stereocenters. The van der Waals surface area contributed by atoms with Crippen molar-refractivity contribution in [3.05, 3.63) is 71.8 Å². The maximum atomic E-state index is 4.43. The highest BCUT2D eigenvalue weighted by atomic mass is 15.3. The molecule has 0 saturated carbocycles. The van der Waals surface area contributed by atoms with E-state index in [-0.39, 0.29) is 0 Å². The second-order valence-electron chi connectivity index (χ2n) is 4.19. The Morgan fingerprint density at radius 2 is 1.33 bits per heavy atom. The zero-order valence-electron chi connectivity index (χ0n) is 13.5. The summed E-state index contributed by atoms with van der Waals surface area (Å²) in [5.41, 5.74) is 6.76. The summed E-state index contributed by atoms with van der Waals surface area (Å²) in [7, 11) is 0. The van der Waals surface area contributed by atoms with Crippen LogP contribution in [0.25, 0.3) is 0 Å². The summed E-state index contributed by atoms with van der Waals surface area (Å²) in [6, 6.07) is 20.9. The first-order chi connectivity index (χ1) is 10.4. The zero-order valence-corrected chi connectivity index (χ0v) is 13.5. The van der Waals surface area contributed by atoms with Gasteiger partial charge < -0.3 is 5.43 Å². The van der Waals surface area contributed by atoms with Crippen LogP contribution in [0.15, 0.2) is 65.8 Å². The van der Waals surface area contributed by atoms with Gasteiger partial charge in [-0.3, -0.25) is 0 Å². The normalized spacial score (nSPS) is 15.6. The Bertz CT molecular complexity index is 518. The summed E-state index contributed by atoms with van der Waals surface area (Å²) in [5, 5.41) is 4.43. The smallest absolute Gasteiger partial charge is 0.0768 e. The lowest BCUT2D eigenvalue weighted by molar-refractivity contribution is 0.763. The molecule has 0 aromatic heterocycles. The fraction of sp³-hybridized carbons (Fsp3) is 0.316. The van der Waals surface area contributed by atoms with Crippen molar-refractivity contribution in [1.29, 1.82) is 0 Å². The van der Waals surface area contributed by atoms with Gasteiger partial charge >= 0.3 is 0 Å². The minimum Gasteiger partial charge on any atom is -0.309 e. The van der Waals surface area contributed by atoms with Gasteiger partial charge in [0.1, 0.15) is 0 Å². The molecule has 0 bridgehead atoms. The second-order valence-corrected chi connectivity index (χ2v) is 4.19. The van der Waals surface area contributed by atoms with Gasteiger partial charge in [-0.05, 0) is 11.1 Å². The van der Waals surface area contributed by atoms with E-state index in [9.17, 15) is 0 Å². The number of hydrogen-bond acceptors (Lipinski definition) is 2. The number of nitrogens with zero attached hydrogens (tertiary/aromatic N) is 1. The predicted molar refractivity (Wildman–Crippen MR) is 92.9 cm³/mol. The first-order valence-corrected chi connectivity index (χ1v) is 7.86. The van der Waals surface area contributed by atoms with Crippen LogP contribution in [0, 0.1) is 0 Å². The molecule has 1 heterocycles. The van der Waals surface area contributed by atoms with E-state index in [1.54, 1.807) is 0 Å².